The number of carbonyl (C=O) groups excluding carboxylic acids is 2. The number of benzene rings is 1. The molecule has 2 rings (SSSR count). The number of hydrogen-bond acceptors (Lipinski definition) is 5. The van der Waals surface area contributed by atoms with Crippen LogP contribution in [0.25, 0.3) is 0 Å². The summed E-state index contributed by atoms with van der Waals surface area (Å²) in [4.78, 5) is 25.3. The Hall–Kier alpha value is -1.97. The lowest BCUT2D eigenvalue weighted by Gasteiger charge is -2.34. The standard InChI is InChI=1S/C20H32N4O4S/c1-13-14(2)16(4)19(17(5)15(13)3)29(27,28)24-11-9-23(10-12-24)8-7-18(25)22-20(26)21-6/h7-12H2,1-6H3,(H2,21,22,25,26). The first-order valence-electron chi connectivity index (χ1n) is 9.81. The fourth-order valence-corrected chi connectivity index (χ4v) is 5.67. The number of nitrogens with one attached hydrogen (secondary N) is 2. The summed E-state index contributed by atoms with van der Waals surface area (Å²) < 4.78 is 28.3. The van der Waals surface area contributed by atoms with Crippen molar-refractivity contribution in [1.29, 1.82) is 0 Å². The number of amides is 3. The molecule has 0 aromatic heterocycles. The third-order valence-corrected chi connectivity index (χ3v) is 8.17. The minimum Gasteiger partial charge on any atom is -0.341 e. The van der Waals surface area contributed by atoms with E-state index in [1.807, 2.05) is 39.5 Å². The van der Waals surface area contributed by atoms with Crippen molar-refractivity contribution >= 4 is 22.0 Å². The minimum atomic E-state index is -3.58. The van der Waals surface area contributed by atoms with Gasteiger partial charge in [0.2, 0.25) is 15.9 Å². The Labute approximate surface area is 173 Å². The number of piperazine rings is 1. The first-order valence-corrected chi connectivity index (χ1v) is 11.3. The van der Waals surface area contributed by atoms with Crippen LogP contribution in [0.15, 0.2) is 4.90 Å². The summed E-state index contributed by atoms with van der Waals surface area (Å²) in [6.07, 6.45) is 0.189. The quantitative estimate of drug-likeness (QED) is 0.744. The van der Waals surface area contributed by atoms with Gasteiger partial charge in [-0.1, -0.05) is 0 Å². The second kappa shape index (κ2) is 9.23. The molecular weight excluding hydrogens is 392 g/mol. The van der Waals surface area contributed by atoms with Crippen LogP contribution in [0.4, 0.5) is 4.79 Å². The Balaban J connectivity index is 2.06. The van der Waals surface area contributed by atoms with E-state index < -0.39 is 16.1 Å². The molecule has 0 radical (unpaired) electrons. The summed E-state index contributed by atoms with van der Waals surface area (Å²) in [5.41, 5.74) is 4.82. The number of imide groups is 1. The highest BCUT2D eigenvalue weighted by Crippen LogP contribution is 2.31. The Bertz CT molecular complexity index is 875. The molecule has 1 heterocycles. The van der Waals surface area contributed by atoms with Gasteiger partial charge < -0.3 is 10.2 Å². The normalized spacial score (nSPS) is 15.9. The molecule has 0 atom stereocenters. The summed E-state index contributed by atoms with van der Waals surface area (Å²) in [6.45, 7) is 12.1. The fourth-order valence-electron chi connectivity index (χ4n) is 3.69. The maximum Gasteiger partial charge on any atom is 0.321 e. The Kier molecular flexibility index (Phi) is 7.42. The predicted molar refractivity (Wildman–Crippen MR) is 113 cm³/mol. The Morgan fingerprint density at radius 3 is 1.83 bits per heavy atom. The van der Waals surface area contributed by atoms with Crippen LogP contribution in [0.3, 0.4) is 0 Å². The molecule has 162 valence electrons. The molecule has 1 aromatic carbocycles. The van der Waals surface area contributed by atoms with Gasteiger partial charge in [-0.2, -0.15) is 4.31 Å². The largest absolute Gasteiger partial charge is 0.341 e. The molecule has 0 saturated carbocycles. The first kappa shape index (κ1) is 23.3. The van der Waals surface area contributed by atoms with Crippen molar-refractivity contribution in [2.45, 2.75) is 45.9 Å². The lowest BCUT2D eigenvalue weighted by Crippen LogP contribution is -2.49. The van der Waals surface area contributed by atoms with Gasteiger partial charge in [0.25, 0.3) is 0 Å². The molecule has 0 spiro atoms. The van der Waals surface area contributed by atoms with Gasteiger partial charge in [-0.15, -0.1) is 0 Å². The zero-order valence-corrected chi connectivity index (χ0v) is 19.0. The first-order chi connectivity index (χ1) is 13.5. The molecule has 0 aliphatic carbocycles. The average molecular weight is 425 g/mol. The SMILES string of the molecule is CNC(=O)NC(=O)CCN1CCN(S(=O)(=O)c2c(C)c(C)c(C)c(C)c2C)CC1. The van der Waals surface area contributed by atoms with Gasteiger partial charge in [0.05, 0.1) is 4.90 Å². The molecule has 8 nitrogen and oxygen atoms in total. The van der Waals surface area contributed by atoms with Crippen LogP contribution in [0.1, 0.15) is 34.2 Å². The van der Waals surface area contributed by atoms with E-state index in [0.29, 0.717) is 37.6 Å². The van der Waals surface area contributed by atoms with Gasteiger partial charge in [-0.3, -0.25) is 10.1 Å². The van der Waals surface area contributed by atoms with Crippen LogP contribution in [0.5, 0.6) is 0 Å². The monoisotopic (exact) mass is 424 g/mol. The average Bonchev–Trinajstić information content (AvgIpc) is 2.69. The zero-order valence-electron chi connectivity index (χ0n) is 18.2. The van der Waals surface area contributed by atoms with Crippen molar-refractivity contribution in [3.05, 3.63) is 27.8 Å². The molecule has 29 heavy (non-hydrogen) atoms. The number of rotatable bonds is 5. The lowest BCUT2D eigenvalue weighted by atomic mass is 9.95. The van der Waals surface area contributed by atoms with Crippen LogP contribution in [0, 0.1) is 34.6 Å². The third kappa shape index (κ3) is 4.96. The summed E-state index contributed by atoms with van der Waals surface area (Å²) in [6, 6.07) is -0.527. The topological polar surface area (TPSA) is 98.8 Å². The lowest BCUT2D eigenvalue weighted by molar-refractivity contribution is -0.120. The van der Waals surface area contributed by atoms with Gasteiger partial charge in [0.15, 0.2) is 0 Å². The number of sulfonamides is 1. The van der Waals surface area contributed by atoms with Gasteiger partial charge in [0, 0.05) is 46.2 Å². The van der Waals surface area contributed by atoms with Crippen molar-refractivity contribution in [3.63, 3.8) is 0 Å². The van der Waals surface area contributed by atoms with E-state index in [2.05, 4.69) is 10.6 Å². The Morgan fingerprint density at radius 1 is 0.862 bits per heavy atom. The number of hydrogen-bond donors (Lipinski definition) is 2. The second-order valence-electron chi connectivity index (χ2n) is 7.58. The van der Waals surface area contributed by atoms with Crippen LogP contribution < -0.4 is 10.6 Å². The van der Waals surface area contributed by atoms with Crippen molar-refractivity contribution in [3.8, 4) is 0 Å². The fraction of sp³-hybridized carbons (Fsp3) is 0.600. The summed E-state index contributed by atoms with van der Waals surface area (Å²) in [5, 5.41) is 4.56. The molecule has 2 N–H and O–H groups in total. The maximum atomic E-state index is 13.4. The minimum absolute atomic E-state index is 0.189. The number of urea groups is 1. The van der Waals surface area contributed by atoms with Crippen molar-refractivity contribution < 1.29 is 18.0 Å². The second-order valence-corrected chi connectivity index (χ2v) is 9.45. The van der Waals surface area contributed by atoms with E-state index in [-0.39, 0.29) is 12.3 Å². The van der Waals surface area contributed by atoms with Gasteiger partial charge in [0.1, 0.15) is 0 Å². The van der Waals surface area contributed by atoms with E-state index in [9.17, 15) is 18.0 Å². The van der Waals surface area contributed by atoms with Crippen LogP contribution in [-0.4, -0.2) is 69.3 Å². The van der Waals surface area contributed by atoms with Crippen LogP contribution in [-0.2, 0) is 14.8 Å². The number of carbonyl (C=O) groups is 2. The van der Waals surface area contributed by atoms with Crippen molar-refractivity contribution in [1.82, 2.24) is 19.8 Å². The highest BCUT2D eigenvalue weighted by molar-refractivity contribution is 7.89. The third-order valence-electron chi connectivity index (χ3n) is 6.00. The summed E-state index contributed by atoms with van der Waals surface area (Å²) >= 11 is 0. The van der Waals surface area contributed by atoms with Gasteiger partial charge >= 0.3 is 6.03 Å². The van der Waals surface area contributed by atoms with E-state index in [4.69, 9.17) is 0 Å². The van der Waals surface area contributed by atoms with E-state index in [1.54, 1.807) is 0 Å². The van der Waals surface area contributed by atoms with E-state index in [1.165, 1.54) is 11.4 Å². The maximum absolute atomic E-state index is 13.4. The smallest absolute Gasteiger partial charge is 0.321 e. The van der Waals surface area contributed by atoms with Crippen molar-refractivity contribution in [2.75, 3.05) is 39.8 Å². The molecule has 1 aliphatic heterocycles. The van der Waals surface area contributed by atoms with E-state index in [0.717, 1.165) is 27.8 Å². The highest BCUT2D eigenvalue weighted by atomic mass is 32.2. The molecule has 1 fully saturated rings. The van der Waals surface area contributed by atoms with Crippen LogP contribution in [0.2, 0.25) is 0 Å². The van der Waals surface area contributed by atoms with Crippen molar-refractivity contribution in [2.24, 2.45) is 0 Å². The molecule has 1 aliphatic rings. The van der Waals surface area contributed by atoms with Gasteiger partial charge in [-0.25, -0.2) is 13.2 Å². The molecule has 0 bridgehead atoms. The zero-order chi connectivity index (χ0) is 21.9. The van der Waals surface area contributed by atoms with E-state index >= 15 is 0 Å². The molecule has 0 unspecified atom stereocenters. The summed E-state index contributed by atoms with van der Waals surface area (Å²) in [5.74, 6) is -0.351. The molecular formula is C20H32N4O4S. The molecule has 3 amide bonds. The highest BCUT2D eigenvalue weighted by Gasteiger charge is 2.32. The molecule has 9 heteroatoms. The molecule has 1 saturated heterocycles. The summed E-state index contributed by atoms with van der Waals surface area (Å²) in [7, 11) is -2.14. The predicted octanol–water partition coefficient (Wildman–Crippen LogP) is 1.38. The van der Waals surface area contributed by atoms with Crippen LogP contribution >= 0.6 is 0 Å². The number of nitrogens with zero attached hydrogens (tertiary/aromatic N) is 2. The molecule has 1 aromatic rings. The Morgan fingerprint density at radius 2 is 1.34 bits per heavy atom. The van der Waals surface area contributed by atoms with Gasteiger partial charge in [-0.05, 0) is 62.4 Å².